The minimum atomic E-state index is -1.53. The van der Waals surface area contributed by atoms with Crippen molar-refractivity contribution in [2.45, 2.75) is 37.1 Å². The fourth-order valence-corrected chi connectivity index (χ4v) is 4.61. The number of fused-ring (bicyclic) bond motifs is 3. The Morgan fingerprint density at radius 1 is 1.00 bits per heavy atom. The van der Waals surface area contributed by atoms with Gasteiger partial charge < -0.3 is 5.11 Å². The van der Waals surface area contributed by atoms with E-state index >= 15 is 0 Å². The van der Waals surface area contributed by atoms with E-state index in [1.807, 2.05) is 48.5 Å². The Morgan fingerprint density at radius 2 is 1.50 bits per heavy atom. The van der Waals surface area contributed by atoms with Crippen molar-refractivity contribution < 1.29 is 19.1 Å². The lowest BCUT2D eigenvalue weighted by Gasteiger charge is -2.37. The molecule has 1 N–H and O–H groups in total. The van der Waals surface area contributed by atoms with Gasteiger partial charge in [-0.05, 0) is 35.1 Å². The molecule has 0 heterocycles. The van der Waals surface area contributed by atoms with E-state index in [-0.39, 0.29) is 25.3 Å². The van der Waals surface area contributed by atoms with Crippen LogP contribution in [0.2, 0.25) is 0 Å². The molecule has 5 heteroatoms. The van der Waals surface area contributed by atoms with E-state index < -0.39 is 17.7 Å². The van der Waals surface area contributed by atoms with Crippen LogP contribution in [0.5, 0.6) is 0 Å². The van der Waals surface area contributed by atoms with Crippen molar-refractivity contribution in [2.75, 3.05) is 6.54 Å². The molecule has 2 aliphatic carbocycles. The van der Waals surface area contributed by atoms with Crippen LogP contribution in [0.15, 0.2) is 48.5 Å². The van der Waals surface area contributed by atoms with Crippen LogP contribution in [0.4, 0.5) is 9.18 Å². The van der Waals surface area contributed by atoms with Gasteiger partial charge in [0, 0.05) is 12.5 Å². The summed E-state index contributed by atoms with van der Waals surface area (Å²) in [5.74, 6) is -0.199. The normalized spacial score (nSPS) is 17.6. The zero-order chi connectivity index (χ0) is 18.3. The smallest absolute Gasteiger partial charge is 0.408 e. The van der Waals surface area contributed by atoms with Crippen molar-refractivity contribution in [2.24, 2.45) is 0 Å². The monoisotopic (exact) mass is 353 g/mol. The fourth-order valence-electron chi connectivity index (χ4n) is 4.61. The van der Waals surface area contributed by atoms with Crippen molar-refractivity contribution in [3.05, 3.63) is 59.7 Å². The lowest BCUT2D eigenvalue weighted by atomic mass is 9.91. The predicted molar refractivity (Wildman–Crippen MR) is 95.8 cm³/mol. The SMILES string of the molecule is O=C(O)N(CC1c2ccccc2-c2ccccc21)C1(C(=O)F)CCCC1. The minimum absolute atomic E-state index is 0.0824. The van der Waals surface area contributed by atoms with Gasteiger partial charge in [-0.25, -0.2) is 4.79 Å². The second-order valence-corrected chi connectivity index (χ2v) is 7.13. The van der Waals surface area contributed by atoms with Crippen LogP contribution in [-0.4, -0.2) is 34.2 Å². The maximum absolute atomic E-state index is 14.0. The summed E-state index contributed by atoms with van der Waals surface area (Å²) < 4.78 is 14.0. The van der Waals surface area contributed by atoms with Crippen LogP contribution in [-0.2, 0) is 4.79 Å². The summed E-state index contributed by atoms with van der Waals surface area (Å²) >= 11 is 0. The van der Waals surface area contributed by atoms with Gasteiger partial charge in [0.1, 0.15) is 5.54 Å². The minimum Gasteiger partial charge on any atom is -0.465 e. The largest absolute Gasteiger partial charge is 0.465 e. The van der Waals surface area contributed by atoms with Crippen molar-refractivity contribution >= 4 is 12.1 Å². The number of benzene rings is 2. The van der Waals surface area contributed by atoms with Gasteiger partial charge in [0.25, 0.3) is 0 Å². The molecule has 2 aromatic rings. The molecular formula is C21H20FNO3. The maximum atomic E-state index is 14.0. The molecule has 2 aromatic carbocycles. The molecule has 4 rings (SSSR count). The average molecular weight is 353 g/mol. The number of amides is 1. The molecule has 1 saturated carbocycles. The first-order valence-corrected chi connectivity index (χ1v) is 8.93. The molecule has 0 unspecified atom stereocenters. The van der Waals surface area contributed by atoms with E-state index in [1.54, 1.807) is 0 Å². The number of carbonyl (C=O) groups excluding carboxylic acids is 1. The Balaban J connectivity index is 1.77. The molecular weight excluding hydrogens is 333 g/mol. The quantitative estimate of drug-likeness (QED) is 0.818. The molecule has 0 aromatic heterocycles. The summed E-state index contributed by atoms with van der Waals surface area (Å²) in [6.07, 6.45) is 0.601. The van der Waals surface area contributed by atoms with Crippen molar-refractivity contribution in [3.63, 3.8) is 0 Å². The number of carbonyl (C=O) groups is 2. The molecule has 0 atom stereocenters. The molecule has 4 nitrogen and oxygen atoms in total. The molecule has 26 heavy (non-hydrogen) atoms. The van der Waals surface area contributed by atoms with Gasteiger partial charge in [-0.3, -0.25) is 9.69 Å². The summed E-state index contributed by atoms with van der Waals surface area (Å²) in [5, 5.41) is 9.81. The summed E-state index contributed by atoms with van der Waals surface area (Å²) in [5.41, 5.74) is 2.67. The number of halogens is 1. The van der Waals surface area contributed by atoms with E-state index in [9.17, 15) is 19.1 Å². The van der Waals surface area contributed by atoms with E-state index in [1.165, 1.54) is 0 Å². The first kappa shape index (κ1) is 16.8. The Morgan fingerprint density at radius 3 is 1.96 bits per heavy atom. The summed E-state index contributed by atoms with van der Waals surface area (Å²) in [6.45, 7) is 0.0824. The van der Waals surface area contributed by atoms with Gasteiger partial charge in [-0.15, -0.1) is 0 Å². The highest BCUT2D eigenvalue weighted by Gasteiger charge is 2.50. The molecule has 0 bridgehead atoms. The standard InChI is InChI=1S/C21H20FNO3/c22-19(24)21(11-5-6-12-21)23(20(25)26)13-18-16-9-3-1-7-14(16)15-8-2-4-10-17(15)18/h1-4,7-10,18H,5-6,11-13H2,(H,25,26). The van der Waals surface area contributed by atoms with Gasteiger partial charge in [0.15, 0.2) is 0 Å². The third-order valence-corrected chi connectivity index (χ3v) is 5.87. The second kappa shape index (κ2) is 6.24. The average Bonchev–Trinajstić information content (AvgIpc) is 3.24. The topological polar surface area (TPSA) is 57.6 Å². The van der Waals surface area contributed by atoms with Crippen LogP contribution in [0, 0.1) is 0 Å². The van der Waals surface area contributed by atoms with E-state index in [4.69, 9.17) is 0 Å². The van der Waals surface area contributed by atoms with Gasteiger partial charge in [-0.2, -0.15) is 4.39 Å². The molecule has 134 valence electrons. The number of hydrogen-bond acceptors (Lipinski definition) is 2. The zero-order valence-electron chi connectivity index (χ0n) is 14.3. The molecule has 0 radical (unpaired) electrons. The number of nitrogens with zero attached hydrogens (tertiary/aromatic N) is 1. The van der Waals surface area contributed by atoms with E-state index in [0.717, 1.165) is 27.2 Å². The van der Waals surface area contributed by atoms with Crippen LogP contribution in [0.1, 0.15) is 42.7 Å². The zero-order valence-corrected chi connectivity index (χ0v) is 14.3. The first-order chi connectivity index (χ1) is 12.5. The number of rotatable bonds is 4. The highest BCUT2D eigenvalue weighted by Crippen LogP contribution is 2.46. The third kappa shape index (κ3) is 2.42. The molecule has 0 spiro atoms. The first-order valence-electron chi connectivity index (χ1n) is 8.93. The second-order valence-electron chi connectivity index (χ2n) is 7.13. The van der Waals surface area contributed by atoms with Crippen LogP contribution >= 0.6 is 0 Å². The molecule has 0 aliphatic heterocycles. The van der Waals surface area contributed by atoms with Crippen LogP contribution in [0.25, 0.3) is 11.1 Å². The molecule has 2 aliphatic rings. The van der Waals surface area contributed by atoms with Crippen molar-refractivity contribution in [1.82, 2.24) is 4.90 Å². The Labute approximate surface area is 151 Å². The van der Waals surface area contributed by atoms with Gasteiger partial charge in [-0.1, -0.05) is 61.4 Å². The van der Waals surface area contributed by atoms with E-state index in [2.05, 4.69) is 0 Å². The maximum Gasteiger partial charge on any atom is 0.408 e. The fraction of sp³-hybridized carbons (Fsp3) is 0.333. The van der Waals surface area contributed by atoms with Gasteiger partial charge in [0.2, 0.25) is 0 Å². The van der Waals surface area contributed by atoms with Crippen molar-refractivity contribution in [3.8, 4) is 11.1 Å². The Bertz CT molecular complexity index is 828. The number of carboxylic acid groups (broad SMARTS) is 1. The van der Waals surface area contributed by atoms with Crippen molar-refractivity contribution in [1.29, 1.82) is 0 Å². The van der Waals surface area contributed by atoms with Gasteiger partial charge >= 0.3 is 12.1 Å². The molecule has 0 saturated heterocycles. The predicted octanol–water partition coefficient (Wildman–Crippen LogP) is 4.59. The van der Waals surface area contributed by atoms with Gasteiger partial charge in [0.05, 0.1) is 0 Å². The number of hydrogen-bond donors (Lipinski definition) is 1. The van der Waals surface area contributed by atoms with E-state index in [0.29, 0.717) is 12.8 Å². The van der Waals surface area contributed by atoms with Crippen LogP contribution in [0.3, 0.4) is 0 Å². The van der Waals surface area contributed by atoms with Crippen LogP contribution < -0.4 is 0 Å². The Hall–Kier alpha value is -2.69. The lowest BCUT2D eigenvalue weighted by molar-refractivity contribution is -0.141. The molecule has 1 fully saturated rings. The summed E-state index contributed by atoms with van der Waals surface area (Å²) in [4.78, 5) is 24.9. The lowest BCUT2D eigenvalue weighted by Crippen LogP contribution is -2.55. The summed E-state index contributed by atoms with van der Waals surface area (Å²) in [6, 6.07) is 14.2. The molecule has 1 amide bonds. The highest BCUT2D eigenvalue weighted by atomic mass is 19.1. The third-order valence-electron chi connectivity index (χ3n) is 5.87. The Kier molecular flexibility index (Phi) is 4.02. The summed E-state index contributed by atoms with van der Waals surface area (Å²) in [7, 11) is 0. The highest BCUT2D eigenvalue weighted by molar-refractivity contribution is 5.85.